The molecule has 2 aliphatic rings. The SMILES string of the molecule is CCC(/C=C1\Oc2ccc(Cl)cc2N1CCCS(=O)(=O)O)=C\c1oc2ccc(Cl)cc2[n+]1CCCS(=O)(=O)[O-].CCN1/C(=C\C=C\c2oc3ccc(Cl)cc3[n+]2CCCS(=O)(=O)[O-])N(CCCCS(=O)(=O)O)c2cc(Cl)c(Cl)cc21. The number of aromatic nitrogens is 2. The molecular weight excluding hydrogens is 1230 g/mol. The molecule has 0 fully saturated rings. The van der Waals surface area contributed by atoms with Gasteiger partial charge in [-0.3, -0.25) is 9.11 Å². The Morgan fingerprint density at radius 3 is 1.66 bits per heavy atom. The second-order valence-electron chi connectivity index (χ2n) is 18.2. The highest BCUT2D eigenvalue weighted by molar-refractivity contribution is 7.86. The molecule has 0 saturated carbocycles. The fourth-order valence-electron chi connectivity index (χ4n) is 8.89. The molecule has 29 heteroatoms. The molecule has 6 aromatic rings. The summed E-state index contributed by atoms with van der Waals surface area (Å²) >= 11 is 31.2. The van der Waals surface area contributed by atoms with Crippen LogP contribution in [0, 0.1) is 0 Å². The molecule has 2 N–H and O–H groups in total. The van der Waals surface area contributed by atoms with E-state index in [1.807, 2.05) is 29.7 Å². The number of unbranched alkanes of at least 4 members (excludes halogenated alkanes) is 1. The van der Waals surface area contributed by atoms with E-state index >= 15 is 0 Å². The summed E-state index contributed by atoms with van der Waals surface area (Å²) in [5.74, 6) is 0.813. The van der Waals surface area contributed by atoms with E-state index in [-0.39, 0.29) is 51.1 Å². The third kappa shape index (κ3) is 17.1. The number of allylic oxidation sites excluding steroid dienone is 4. The van der Waals surface area contributed by atoms with Crippen LogP contribution in [0.2, 0.25) is 25.1 Å². The van der Waals surface area contributed by atoms with Crippen LogP contribution in [-0.2, 0) is 53.6 Å². The first kappa shape index (κ1) is 62.7. The molecule has 2 aromatic heterocycles. The van der Waals surface area contributed by atoms with E-state index in [0.717, 1.165) is 22.8 Å². The van der Waals surface area contributed by atoms with Crippen molar-refractivity contribution >= 4 is 150 Å². The molecular formula is C51H54Cl5N5O15S4. The topological polar surface area (TPSA) is 276 Å². The third-order valence-electron chi connectivity index (χ3n) is 12.4. The van der Waals surface area contributed by atoms with Crippen LogP contribution < -0.4 is 28.6 Å². The van der Waals surface area contributed by atoms with Gasteiger partial charge in [0, 0.05) is 77.3 Å². The maximum absolute atomic E-state index is 11.3. The minimum absolute atomic E-state index is 0.0851. The Hall–Kier alpha value is -4.93. The van der Waals surface area contributed by atoms with E-state index in [2.05, 4.69) is 0 Å². The monoisotopic (exact) mass is 1280 g/mol. The van der Waals surface area contributed by atoms with E-state index in [4.69, 9.17) is 80.7 Å². The lowest BCUT2D eigenvalue weighted by Crippen LogP contribution is -2.36. The molecule has 20 nitrogen and oxygen atoms in total. The summed E-state index contributed by atoms with van der Waals surface area (Å²) in [4.78, 5) is 5.82. The minimum atomic E-state index is -4.38. The Morgan fingerprint density at radius 2 is 1.11 bits per heavy atom. The normalized spacial score (nSPS) is 15.2. The Morgan fingerprint density at radius 1 is 0.600 bits per heavy atom. The van der Waals surface area contributed by atoms with Crippen LogP contribution >= 0.6 is 58.0 Å². The Bertz CT molecular complexity index is 3890. The number of halogens is 5. The summed E-state index contributed by atoms with van der Waals surface area (Å²) in [7, 11) is -16.9. The molecule has 0 unspecified atom stereocenters. The number of ether oxygens (including phenoxy) is 1. The molecule has 4 heterocycles. The second-order valence-corrected chi connectivity index (χ2v) is 26.5. The van der Waals surface area contributed by atoms with Crippen molar-refractivity contribution < 1.29 is 74.6 Å². The smallest absolute Gasteiger partial charge is 0.374 e. The van der Waals surface area contributed by atoms with Crippen molar-refractivity contribution in [3.63, 3.8) is 0 Å². The number of hydrogen-bond acceptors (Lipinski definition) is 16. The van der Waals surface area contributed by atoms with E-state index in [9.17, 15) is 42.8 Å². The molecule has 0 aliphatic carbocycles. The summed E-state index contributed by atoms with van der Waals surface area (Å²) in [6.45, 7) is 5.61. The average Bonchev–Trinajstić information content (AvgIpc) is 4.26. The molecule has 0 bridgehead atoms. The van der Waals surface area contributed by atoms with Gasteiger partial charge < -0.3 is 37.4 Å². The molecule has 2 aliphatic heterocycles. The van der Waals surface area contributed by atoms with E-state index in [0.29, 0.717) is 102 Å². The second kappa shape index (κ2) is 26.5. The highest BCUT2D eigenvalue weighted by atomic mass is 35.5. The number of aryl methyl sites for hydroxylation is 2. The van der Waals surface area contributed by atoms with E-state index < -0.39 is 57.7 Å². The number of nitrogens with zero attached hydrogens (tertiary/aromatic N) is 5. The first-order chi connectivity index (χ1) is 37.6. The maximum atomic E-state index is 11.3. The van der Waals surface area contributed by atoms with Crippen LogP contribution in [0.5, 0.6) is 5.75 Å². The Balaban J connectivity index is 0.000000231. The fraction of sp³-hybridized carbons (Fsp3) is 0.333. The first-order valence-corrected chi connectivity index (χ1v) is 33.0. The van der Waals surface area contributed by atoms with Gasteiger partial charge in [-0.15, -0.1) is 0 Å². The van der Waals surface area contributed by atoms with Crippen LogP contribution in [0.15, 0.2) is 111 Å². The summed E-state index contributed by atoms with van der Waals surface area (Å²) in [5, 5.41) is 2.20. The number of hydrogen-bond donors (Lipinski definition) is 2. The van der Waals surface area contributed by atoms with Gasteiger partial charge >= 0.3 is 11.8 Å². The van der Waals surface area contributed by atoms with E-state index in [1.165, 1.54) is 0 Å². The number of benzene rings is 4. The van der Waals surface area contributed by atoms with E-state index in [1.54, 1.807) is 105 Å². The molecule has 0 amide bonds. The van der Waals surface area contributed by atoms with Gasteiger partial charge in [-0.1, -0.05) is 64.9 Å². The maximum Gasteiger partial charge on any atom is 0.374 e. The number of fused-ring (bicyclic) bond motifs is 4. The van der Waals surface area contributed by atoms with Crippen molar-refractivity contribution in [3.8, 4) is 5.75 Å². The predicted octanol–water partition coefficient (Wildman–Crippen LogP) is 10.3. The highest BCUT2D eigenvalue weighted by Gasteiger charge is 2.32. The van der Waals surface area contributed by atoms with Crippen molar-refractivity contribution in [2.24, 2.45) is 0 Å². The van der Waals surface area contributed by atoms with Crippen molar-refractivity contribution in [3.05, 3.63) is 139 Å². The molecule has 80 heavy (non-hydrogen) atoms. The standard InChI is InChI=1S/C26H28Cl3N3O7S2.C25H26Cl2N2O8S2/c1-2-30-21-16-19(28)20(29)17-22(21)31(11-3-4-13-40(33,34)35)25(30)7-5-8-26-32(12-6-14-41(36,37)38)23-15-18(27)9-10-24(23)39-26;1-2-17(13-24-28(9-3-11-38(30,31)32)20-15-18(26)5-7-22(20)36-24)14-25-29(10-4-12-39(33,34)35)21-16-19(27)6-8-23(21)37-25/h5,7-10,15-17H,2-4,6,11-14H2,1H3,(H-,33,34,35,36,37,38);5-8,13-16H,2-4,9-12H2,1H3,(H-,30,31,32,33,34,35). The van der Waals surface area contributed by atoms with Crippen molar-refractivity contribution in [2.75, 3.05) is 57.3 Å². The van der Waals surface area contributed by atoms with Crippen LogP contribution in [0.3, 0.4) is 0 Å². The molecule has 0 spiro atoms. The number of oxazole rings is 2. The van der Waals surface area contributed by atoms with Gasteiger partial charge in [0.2, 0.25) is 17.0 Å². The molecule has 0 radical (unpaired) electrons. The first-order valence-electron chi connectivity index (χ1n) is 24.7. The van der Waals surface area contributed by atoms with Crippen LogP contribution in [0.25, 0.3) is 34.4 Å². The zero-order valence-corrected chi connectivity index (χ0v) is 49.9. The largest absolute Gasteiger partial charge is 0.748 e. The fourth-order valence-corrected chi connectivity index (χ4v) is 11.7. The van der Waals surface area contributed by atoms with Gasteiger partial charge in [-0.2, -0.15) is 26.0 Å². The summed E-state index contributed by atoms with van der Waals surface area (Å²) < 4.78 is 152. The lowest BCUT2D eigenvalue weighted by molar-refractivity contribution is -0.678. The summed E-state index contributed by atoms with van der Waals surface area (Å²) in [6.07, 6.45) is 10.5. The quantitative estimate of drug-likeness (QED) is 0.0343. The van der Waals surface area contributed by atoms with Crippen molar-refractivity contribution in [1.82, 2.24) is 0 Å². The number of rotatable bonds is 23. The van der Waals surface area contributed by atoms with Crippen molar-refractivity contribution in [2.45, 2.75) is 65.5 Å². The van der Waals surface area contributed by atoms with Gasteiger partial charge in [0.15, 0.2) is 18.8 Å². The summed E-state index contributed by atoms with van der Waals surface area (Å²) in [6, 6.07) is 18.8. The lowest BCUT2D eigenvalue weighted by Gasteiger charge is -2.24. The van der Waals surface area contributed by atoms with Gasteiger partial charge in [0.25, 0.3) is 31.3 Å². The lowest BCUT2D eigenvalue weighted by atomic mass is 10.1. The highest BCUT2D eigenvalue weighted by Crippen LogP contribution is 2.46. The minimum Gasteiger partial charge on any atom is -0.748 e. The van der Waals surface area contributed by atoms with Gasteiger partial charge in [0.05, 0.1) is 71.0 Å². The third-order valence-corrected chi connectivity index (χ3v) is 17.0. The summed E-state index contributed by atoms with van der Waals surface area (Å²) in [5.41, 5.74) is 5.45. The van der Waals surface area contributed by atoms with Crippen LogP contribution in [0.1, 0.15) is 64.2 Å². The van der Waals surface area contributed by atoms with Crippen LogP contribution in [0.4, 0.5) is 17.1 Å². The molecule has 8 rings (SSSR count). The molecule has 0 atom stereocenters. The van der Waals surface area contributed by atoms with Crippen molar-refractivity contribution in [1.29, 1.82) is 0 Å². The predicted molar refractivity (Wildman–Crippen MR) is 308 cm³/mol. The van der Waals surface area contributed by atoms with Gasteiger partial charge in [0.1, 0.15) is 5.82 Å². The average molecular weight is 1280 g/mol. The number of anilines is 3. The molecule has 4 aromatic carbocycles. The molecule has 0 saturated heterocycles. The zero-order chi connectivity index (χ0) is 58.3. The zero-order valence-electron chi connectivity index (χ0n) is 42.8. The Labute approximate surface area is 488 Å². The van der Waals surface area contributed by atoms with Gasteiger partial charge in [-0.25, -0.2) is 16.8 Å². The molecule has 432 valence electrons. The van der Waals surface area contributed by atoms with Crippen LogP contribution in [-0.4, -0.2) is 94.5 Å². The Kier molecular flexibility index (Phi) is 20.8. The van der Waals surface area contributed by atoms with Gasteiger partial charge in [-0.05, 0) is 105 Å².